The Balaban J connectivity index is 1.99. The lowest BCUT2D eigenvalue weighted by molar-refractivity contribution is -0.137. The minimum Gasteiger partial charge on any atom is -0.481 e. The van der Waals surface area contributed by atoms with Crippen molar-refractivity contribution in [1.82, 2.24) is 10.2 Å². The summed E-state index contributed by atoms with van der Waals surface area (Å²) in [6.45, 7) is 2.78. The fourth-order valence-corrected chi connectivity index (χ4v) is 2.06. The SMILES string of the molecule is CCC1OCCC1c1nnc(CCC(=O)O)o1. The maximum Gasteiger partial charge on any atom is 0.303 e. The van der Waals surface area contributed by atoms with E-state index in [2.05, 4.69) is 17.1 Å². The first-order chi connectivity index (χ1) is 8.20. The van der Waals surface area contributed by atoms with E-state index < -0.39 is 5.97 Å². The maximum absolute atomic E-state index is 10.4. The number of aryl methyl sites for hydroxylation is 1. The molecule has 0 amide bonds. The Labute approximate surface area is 99.0 Å². The van der Waals surface area contributed by atoms with Gasteiger partial charge in [-0.25, -0.2) is 0 Å². The van der Waals surface area contributed by atoms with Crippen LogP contribution in [0.25, 0.3) is 0 Å². The number of nitrogens with zero attached hydrogens (tertiary/aromatic N) is 2. The molecule has 0 aromatic carbocycles. The molecule has 1 aromatic heterocycles. The number of ether oxygens (including phenoxy) is 1. The number of hydrogen-bond acceptors (Lipinski definition) is 5. The smallest absolute Gasteiger partial charge is 0.303 e. The van der Waals surface area contributed by atoms with E-state index in [9.17, 15) is 4.79 Å². The molecule has 0 spiro atoms. The lowest BCUT2D eigenvalue weighted by Gasteiger charge is -2.11. The number of carbonyl (C=O) groups is 1. The van der Waals surface area contributed by atoms with E-state index in [0.29, 0.717) is 11.8 Å². The van der Waals surface area contributed by atoms with Crippen molar-refractivity contribution >= 4 is 5.97 Å². The Morgan fingerprint density at radius 2 is 2.35 bits per heavy atom. The van der Waals surface area contributed by atoms with Crippen LogP contribution in [0.3, 0.4) is 0 Å². The Morgan fingerprint density at radius 3 is 3.06 bits per heavy atom. The van der Waals surface area contributed by atoms with Crippen molar-refractivity contribution in [3.05, 3.63) is 11.8 Å². The van der Waals surface area contributed by atoms with Gasteiger partial charge in [0.2, 0.25) is 11.8 Å². The molecule has 1 aromatic rings. The van der Waals surface area contributed by atoms with Gasteiger partial charge in [0.15, 0.2) is 0 Å². The van der Waals surface area contributed by atoms with Gasteiger partial charge < -0.3 is 14.3 Å². The normalized spacial score (nSPS) is 24.1. The van der Waals surface area contributed by atoms with Gasteiger partial charge in [0, 0.05) is 13.0 Å². The summed E-state index contributed by atoms with van der Waals surface area (Å²) in [6, 6.07) is 0. The van der Waals surface area contributed by atoms with E-state index in [1.807, 2.05) is 0 Å². The zero-order valence-electron chi connectivity index (χ0n) is 9.76. The van der Waals surface area contributed by atoms with Crippen LogP contribution in [0.1, 0.15) is 43.9 Å². The summed E-state index contributed by atoms with van der Waals surface area (Å²) in [5.74, 6) is 0.269. The van der Waals surface area contributed by atoms with Crippen molar-refractivity contribution < 1.29 is 19.1 Å². The van der Waals surface area contributed by atoms with E-state index >= 15 is 0 Å². The molecule has 6 nitrogen and oxygen atoms in total. The Hall–Kier alpha value is -1.43. The van der Waals surface area contributed by atoms with Gasteiger partial charge in [0.05, 0.1) is 18.4 Å². The molecule has 2 heterocycles. The molecule has 17 heavy (non-hydrogen) atoms. The van der Waals surface area contributed by atoms with E-state index in [-0.39, 0.29) is 24.9 Å². The third kappa shape index (κ3) is 2.82. The molecule has 2 atom stereocenters. The predicted molar refractivity (Wildman–Crippen MR) is 57.6 cm³/mol. The van der Waals surface area contributed by atoms with Gasteiger partial charge in [-0.1, -0.05) is 6.92 Å². The largest absolute Gasteiger partial charge is 0.481 e. The van der Waals surface area contributed by atoms with Crippen LogP contribution < -0.4 is 0 Å². The molecule has 1 fully saturated rings. The molecule has 1 aliphatic heterocycles. The van der Waals surface area contributed by atoms with Crippen LogP contribution in [0.2, 0.25) is 0 Å². The average Bonchev–Trinajstić information content (AvgIpc) is 2.94. The third-order valence-electron chi connectivity index (χ3n) is 2.96. The number of aliphatic carboxylic acids is 1. The molecule has 1 saturated heterocycles. The lowest BCUT2D eigenvalue weighted by Crippen LogP contribution is -2.13. The Kier molecular flexibility index (Phi) is 3.73. The van der Waals surface area contributed by atoms with Gasteiger partial charge in [-0.05, 0) is 12.8 Å². The molecule has 0 bridgehead atoms. The first-order valence-corrected chi connectivity index (χ1v) is 5.86. The first kappa shape index (κ1) is 12.0. The summed E-state index contributed by atoms with van der Waals surface area (Å²) in [6.07, 6.45) is 2.24. The van der Waals surface area contributed by atoms with E-state index in [0.717, 1.165) is 19.4 Å². The molecule has 1 N–H and O–H groups in total. The van der Waals surface area contributed by atoms with Gasteiger partial charge >= 0.3 is 5.97 Å². The minimum atomic E-state index is -0.861. The summed E-state index contributed by atoms with van der Waals surface area (Å²) < 4.78 is 11.0. The van der Waals surface area contributed by atoms with Crippen LogP contribution in [-0.4, -0.2) is 34.0 Å². The summed E-state index contributed by atoms with van der Waals surface area (Å²) in [5.41, 5.74) is 0. The highest BCUT2D eigenvalue weighted by Crippen LogP contribution is 2.32. The predicted octanol–water partition coefficient (Wildman–Crippen LogP) is 1.37. The number of aromatic nitrogens is 2. The standard InChI is InChI=1S/C11H16N2O4/c1-2-8-7(5-6-16-8)11-13-12-9(17-11)3-4-10(14)15/h7-8H,2-6H2,1H3,(H,14,15). The van der Waals surface area contributed by atoms with Gasteiger partial charge in [-0.3, -0.25) is 4.79 Å². The molecule has 2 unspecified atom stereocenters. The molecule has 6 heteroatoms. The molecule has 0 aliphatic carbocycles. The lowest BCUT2D eigenvalue weighted by atomic mass is 10.00. The molecule has 0 radical (unpaired) electrons. The van der Waals surface area contributed by atoms with Crippen LogP contribution in [0.5, 0.6) is 0 Å². The second-order valence-electron chi connectivity index (χ2n) is 4.14. The second-order valence-corrected chi connectivity index (χ2v) is 4.14. The molecule has 0 saturated carbocycles. The number of carboxylic acids is 1. The minimum absolute atomic E-state index is 0.0139. The maximum atomic E-state index is 10.4. The van der Waals surface area contributed by atoms with Crippen molar-refractivity contribution in [2.24, 2.45) is 0 Å². The first-order valence-electron chi connectivity index (χ1n) is 5.86. The van der Waals surface area contributed by atoms with Gasteiger partial charge in [-0.15, -0.1) is 10.2 Å². The summed E-state index contributed by atoms with van der Waals surface area (Å²) in [7, 11) is 0. The van der Waals surface area contributed by atoms with E-state index in [1.54, 1.807) is 0 Å². The fraction of sp³-hybridized carbons (Fsp3) is 0.727. The zero-order valence-corrected chi connectivity index (χ0v) is 9.76. The van der Waals surface area contributed by atoms with Crippen molar-refractivity contribution in [1.29, 1.82) is 0 Å². The van der Waals surface area contributed by atoms with Crippen molar-refractivity contribution in [2.45, 2.75) is 44.6 Å². The summed E-state index contributed by atoms with van der Waals surface area (Å²) in [4.78, 5) is 10.4. The molecular weight excluding hydrogens is 224 g/mol. The molecule has 2 rings (SSSR count). The zero-order chi connectivity index (χ0) is 12.3. The van der Waals surface area contributed by atoms with Gasteiger partial charge in [0.25, 0.3) is 0 Å². The fourth-order valence-electron chi connectivity index (χ4n) is 2.06. The van der Waals surface area contributed by atoms with Gasteiger partial charge in [-0.2, -0.15) is 0 Å². The van der Waals surface area contributed by atoms with Crippen LogP contribution in [0.4, 0.5) is 0 Å². The molecule has 1 aliphatic rings. The third-order valence-corrected chi connectivity index (χ3v) is 2.96. The monoisotopic (exact) mass is 240 g/mol. The number of rotatable bonds is 5. The highest BCUT2D eigenvalue weighted by Gasteiger charge is 2.32. The molecular formula is C11H16N2O4. The second kappa shape index (κ2) is 5.27. The van der Waals surface area contributed by atoms with Crippen LogP contribution in [0.15, 0.2) is 4.42 Å². The van der Waals surface area contributed by atoms with E-state index in [4.69, 9.17) is 14.3 Å². The van der Waals surface area contributed by atoms with Crippen LogP contribution >= 0.6 is 0 Å². The highest BCUT2D eigenvalue weighted by molar-refractivity contribution is 5.66. The van der Waals surface area contributed by atoms with Crippen molar-refractivity contribution in [2.75, 3.05) is 6.61 Å². The molecule has 94 valence electrons. The highest BCUT2D eigenvalue weighted by atomic mass is 16.5. The topological polar surface area (TPSA) is 85.5 Å². The average molecular weight is 240 g/mol. The van der Waals surface area contributed by atoms with Crippen LogP contribution in [0, 0.1) is 0 Å². The quantitative estimate of drug-likeness (QED) is 0.836. The Morgan fingerprint density at radius 1 is 1.53 bits per heavy atom. The van der Waals surface area contributed by atoms with Crippen molar-refractivity contribution in [3.63, 3.8) is 0 Å². The summed E-state index contributed by atoms with van der Waals surface area (Å²) in [5, 5.41) is 16.4. The van der Waals surface area contributed by atoms with Gasteiger partial charge in [0.1, 0.15) is 0 Å². The summed E-state index contributed by atoms with van der Waals surface area (Å²) >= 11 is 0. The number of carboxylic acid groups (broad SMARTS) is 1. The Bertz CT molecular complexity index is 391. The van der Waals surface area contributed by atoms with Crippen LogP contribution in [-0.2, 0) is 16.0 Å². The van der Waals surface area contributed by atoms with Crippen molar-refractivity contribution in [3.8, 4) is 0 Å². The van der Waals surface area contributed by atoms with E-state index in [1.165, 1.54) is 0 Å². The number of hydrogen-bond donors (Lipinski definition) is 1.